The predicted octanol–water partition coefficient (Wildman–Crippen LogP) is 0.854. The van der Waals surface area contributed by atoms with Crippen LogP contribution in [-0.2, 0) is 14.3 Å². The maximum Gasteiger partial charge on any atom is 0.306 e. The van der Waals surface area contributed by atoms with E-state index in [1.54, 1.807) is 13.8 Å². The van der Waals surface area contributed by atoms with Gasteiger partial charge in [-0.05, 0) is 13.3 Å². The highest BCUT2D eigenvalue weighted by molar-refractivity contribution is 5.83. The van der Waals surface area contributed by atoms with Gasteiger partial charge in [0, 0.05) is 13.0 Å². The third kappa shape index (κ3) is 5.22. The quantitative estimate of drug-likeness (QED) is 0.649. The van der Waals surface area contributed by atoms with E-state index in [-0.39, 0.29) is 11.9 Å². The van der Waals surface area contributed by atoms with Gasteiger partial charge in [-0.3, -0.25) is 9.59 Å². The topological polar surface area (TPSA) is 55.4 Å². The molecule has 0 radical (unpaired) electrons. The standard InChI is InChI=1S/C9H17NO3/c1-4-6-10-9(12)7(3)13-8(11)5-2/h7H,4-6H2,1-3H3,(H,10,12). The average Bonchev–Trinajstić information content (AvgIpc) is 2.13. The smallest absolute Gasteiger partial charge is 0.306 e. The van der Waals surface area contributed by atoms with Crippen molar-refractivity contribution in [2.45, 2.75) is 39.7 Å². The molecule has 0 aliphatic rings. The molecule has 13 heavy (non-hydrogen) atoms. The van der Waals surface area contributed by atoms with Crippen LogP contribution in [0.3, 0.4) is 0 Å². The molecule has 0 saturated heterocycles. The van der Waals surface area contributed by atoms with E-state index in [0.717, 1.165) is 6.42 Å². The first-order valence-electron chi connectivity index (χ1n) is 4.59. The van der Waals surface area contributed by atoms with E-state index in [1.165, 1.54) is 0 Å². The van der Waals surface area contributed by atoms with Crippen LogP contribution in [0.4, 0.5) is 0 Å². The zero-order chi connectivity index (χ0) is 10.3. The van der Waals surface area contributed by atoms with Gasteiger partial charge < -0.3 is 10.1 Å². The van der Waals surface area contributed by atoms with Gasteiger partial charge in [0.2, 0.25) is 0 Å². The first-order chi connectivity index (χ1) is 6.11. The number of carbonyl (C=O) groups is 2. The molecular formula is C9H17NO3. The summed E-state index contributed by atoms with van der Waals surface area (Å²) in [5.74, 6) is -0.581. The second-order valence-electron chi connectivity index (χ2n) is 2.78. The molecule has 0 aliphatic heterocycles. The number of carbonyl (C=O) groups excluding carboxylic acids is 2. The molecular weight excluding hydrogens is 170 g/mol. The summed E-state index contributed by atoms with van der Waals surface area (Å²) < 4.78 is 4.81. The van der Waals surface area contributed by atoms with Crippen molar-refractivity contribution in [1.82, 2.24) is 5.32 Å². The second-order valence-corrected chi connectivity index (χ2v) is 2.78. The molecule has 0 aromatic heterocycles. The minimum Gasteiger partial charge on any atom is -0.453 e. The Morgan fingerprint density at radius 1 is 1.38 bits per heavy atom. The van der Waals surface area contributed by atoms with Gasteiger partial charge in [-0.25, -0.2) is 0 Å². The fourth-order valence-corrected chi connectivity index (χ4v) is 0.726. The molecule has 0 saturated carbocycles. The highest BCUT2D eigenvalue weighted by atomic mass is 16.5. The minimum atomic E-state index is -0.681. The summed E-state index contributed by atoms with van der Waals surface area (Å²) in [6.45, 7) is 5.84. The number of ether oxygens (including phenoxy) is 1. The first kappa shape index (κ1) is 11.9. The Labute approximate surface area is 78.6 Å². The van der Waals surface area contributed by atoms with E-state index in [1.807, 2.05) is 6.92 Å². The lowest BCUT2D eigenvalue weighted by Gasteiger charge is -2.11. The summed E-state index contributed by atoms with van der Waals surface area (Å²) in [6.07, 6.45) is 0.491. The van der Waals surface area contributed by atoms with Crippen LogP contribution in [-0.4, -0.2) is 24.5 Å². The number of esters is 1. The lowest BCUT2D eigenvalue weighted by atomic mass is 10.3. The van der Waals surface area contributed by atoms with Crippen LogP contribution < -0.4 is 5.32 Å². The highest BCUT2D eigenvalue weighted by Gasteiger charge is 2.15. The van der Waals surface area contributed by atoms with Crippen LogP contribution in [0.25, 0.3) is 0 Å². The van der Waals surface area contributed by atoms with Crippen molar-refractivity contribution in [2.75, 3.05) is 6.54 Å². The van der Waals surface area contributed by atoms with Crippen LogP contribution in [0.15, 0.2) is 0 Å². The van der Waals surface area contributed by atoms with Crippen LogP contribution in [0, 0.1) is 0 Å². The van der Waals surface area contributed by atoms with Gasteiger partial charge in [-0.2, -0.15) is 0 Å². The molecule has 1 N–H and O–H groups in total. The van der Waals surface area contributed by atoms with Crippen molar-refractivity contribution in [2.24, 2.45) is 0 Å². The summed E-state index contributed by atoms with van der Waals surface area (Å²) in [7, 11) is 0. The van der Waals surface area contributed by atoms with Crippen LogP contribution in [0.5, 0.6) is 0 Å². The Balaban J connectivity index is 3.75. The third-order valence-electron chi connectivity index (χ3n) is 1.52. The Morgan fingerprint density at radius 2 is 2.00 bits per heavy atom. The van der Waals surface area contributed by atoms with Crippen molar-refractivity contribution in [3.8, 4) is 0 Å². The van der Waals surface area contributed by atoms with Crippen molar-refractivity contribution in [3.05, 3.63) is 0 Å². The fourth-order valence-electron chi connectivity index (χ4n) is 0.726. The molecule has 0 bridgehead atoms. The number of hydrogen-bond donors (Lipinski definition) is 1. The molecule has 0 aliphatic carbocycles. The Morgan fingerprint density at radius 3 is 2.46 bits per heavy atom. The number of hydrogen-bond acceptors (Lipinski definition) is 3. The second kappa shape index (κ2) is 6.46. The molecule has 4 heteroatoms. The summed E-state index contributed by atoms with van der Waals surface area (Å²) >= 11 is 0. The van der Waals surface area contributed by atoms with Gasteiger partial charge >= 0.3 is 5.97 Å². The van der Waals surface area contributed by atoms with E-state index in [4.69, 9.17) is 4.74 Å². The minimum absolute atomic E-state index is 0.233. The maximum absolute atomic E-state index is 11.2. The zero-order valence-corrected chi connectivity index (χ0v) is 8.42. The molecule has 0 rings (SSSR count). The molecule has 1 amide bonds. The lowest BCUT2D eigenvalue weighted by Crippen LogP contribution is -2.36. The average molecular weight is 187 g/mol. The third-order valence-corrected chi connectivity index (χ3v) is 1.52. The largest absolute Gasteiger partial charge is 0.453 e. The van der Waals surface area contributed by atoms with Gasteiger partial charge in [0.15, 0.2) is 6.10 Å². The molecule has 0 aromatic carbocycles. The Kier molecular flexibility index (Phi) is 5.93. The molecule has 0 fully saturated rings. The van der Waals surface area contributed by atoms with Crippen molar-refractivity contribution >= 4 is 11.9 Å². The Hall–Kier alpha value is -1.06. The van der Waals surface area contributed by atoms with E-state index in [2.05, 4.69) is 5.32 Å². The van der Waals surface area contributed by atoms with Crippen LogP contribution >= 0.6 is 0 Å². The van der Waals surface area contributed by atoms with Crippen molar-refractivity contribution in [1.29, 1.82) is 0 Å². The molecule has 1 unspecified atom stereocenters. The van der Waals surface area contributed by atoms with E-state index >= 15 is 0 Å². The lowest BCUT2D eigenvalue weighted by molar-refractivity contribution is -0.154. The van der Waals surface area contributed by atoms with Gasteiger partial charge in [-0.15, -0.1) is 0 Å². The first-order valence-corrected chi connectivity index (χ1v) is 4.59. The predicted molar refractivity (Wildman–Crippen MR) is 49.1 cm³/mol. The van der Waals surface area contributed by atoms with E-state index in [9.17, 15) is 9.59 Å². The van der Waals surface area contributed by atoms with E-state index in [0.29, 0.717) is 13.0 Å². The number of rotatable bonds is 5. The van der Waals surface area contributed by atoms with Crippen molar-refractivity contribution < 1.29 is 14.3 Å². The van der Waals surface area contributed by atoms with Gasteiger partial charge in [0.05, 0.1) is 0 Å². The molecule has 4 nitrogen and oxygen atoms in total. The van der Waals surface area contributed by atoms with Crippen molar-refractivity contribution in [3.63, 3.8) is 0 Å². The fraction of sp³-hybridized carbons (Fsp3) is 0.778. The summed E-state index contributed by atoms with van der Waals surface area (Å²) in [4.78, 5) is 22.0. The SMILES string of the molecule is CCCNC(=O)C(C)OC(=O)CC. The monoisotopic (exact) mass is 187 g/mol. The molecule has 0 heterocycles. The number of nitrogens with one attached hydrogen (secondary N) is 1. The highest BCUT2D eigenvalue weighted by Crippen LogP contribution is 1.94. The molecule has 76 valence electrons. The Bertz CT molecular complexity index is 180. The maximum atomic E-state index is 11.2. The van der Waals surface area contributed by atoms with E-state index < -0.39 is 6.10 Å². The summed E-state index contributed by atoms with van der Waals surface area (Å²) in [6, 6.07) is 0. The summed E-state index contributed by atoms with van der Waals surface area (Å²) in [5.41, 5.74) is 0. The molecule has 0 aromatic rings. The van der Waals surface area contributed by atoms with Crippen LogP contribution in [0.1, 0.15) is 33.6 Å². The summed E-state index contributed by atoms with van der Waals surface area (Å²) in [5, 5.41) is 2.65. The normalized spacial score (nSPS) is 11.9. The van der Waals surface area contributed by atoms with Crippen LogP contribution in [0.2, 0.25) is 0 Å². The zero-order valence-electron chi connectivity index (χ0n) is 8.42. The molecule has 1 atom stereocenters. The number of amides is 1. The van der Waals surface area contributed by atoms with Gasteiger partial charge in [0.1, 0.15) is 0 Å². The van der Waals surface area contributed by atoms with Gasteiger partial charge in [0.25, 0.3) is 5.91 Å². The van der Waals surface area contributed by atoms with Gasteiger partial charge in [-0.1, -0.05) is 13.8 Å². The molecule has 0 spiro atoms.